The minimum atomic E-state index is -4.40. The van der Waals surface area contributed by atoms with Crippen LogP contribution in [0.25, 0.3) is 0 Å². The van der Waals surface area contributed by atoms with Crippen LogP contribution in [0.3, 0.4) is 0 Å². The summed E-state index contributed by atoms with van der Waals surface area (Å²) in [5.41, 5.74) is 5.95. The van der Waals surface area contributed by atoms with Crippen molar-refractivity contribution in [2.24, 2.45) is 16.7 Å². The maximum atomic E-state index is 12.6. The molecule has 0 saturated carbocycles. The van der Waals surface area contributed by atoms with Gasteiger partial charge in [0, 0.05) is 11.9 Å². The number of aliphatic hydroxyl groups is 1. The predicted octanol–water partition coefficient (Wildman–Crippen LogP) is 1.63. The van der Waals surface area contributed by atoms with E-state index >= 15 is 0 Å². The van der Waals surface area contributed by atoms with Crippen molar-refractivity contribution in [1.29, 1.82) is 0 Å². The van der Waals surface area contributed by atoms with E-state index in [1.165, 1.54) is 18.3 Å². The number of aromatic nitrogens is 1. The summed E-state index contributed by atoms with van der Waals surface area (Å²) in [6.45, 7) is -0.111. The van der Waals surface area contributed by atoms with E-state index in [2.05, 4.69) is 15.4 Å². The maximum absolute atomic E-state index is 12.6. The quantitative estimate of drug-likeness (QED) is 0.271. The zero-order chi connectivity index (χ0) is 18.4. The van der Waals surface area contributed by atoms with Crippen molar-refractivity contribution in [3.05, 3.63) is 53.7 Å². The molecule has 1 aromatic heterocycles. The molecule has 1 heterocycles. The molecule has 2 aromatic rings. The molecule has 0 aliphatic carbocycles. The number of benzene rings is 1. The number of alkyl halides is 3. The number of hydrazine groups is 1. The fraction of sp³-hybridized carbons (Fsp3) is 0.200. The smallest absolute Gasteiger partial charge is 0.394 e. The Kier molecular flexibility index (Phi) is 5.78. The summed E-state index contributed by atoms with van der Waals surface area (Å²) in [5, 5.41) is 16.6. The Hall–Kier alpha value is -2.85. The van der Waals surface area contributed by atoms with Crippen LogP contribution >= 0.6 is 0 Å². The molecule has 0 amide bonds. The van der Waals surface area contributed by atoms with Gasteiger partial charge in [-0.25, -0.2) is 15.9 Å². The van der Waals surface area contributed by atoms with Crippen LogP contribution in [0.2, 0.25) is 0 Å². The lowest BCUT2D eigenvalue weighted by Crippen LogP contribution is -2.32. The van der Waals surface area contributed by atoms with E-state index in [9.17, 15) is 13.2 Å². The van der Waals surface area contributed by atoms with Gasteiger partial charge >= 0.3 is 6.18 Å². The first kappa shape index (κ1) is 18.5. The SMILES string of the molecule is N/C(=N\N(N)CCO)c1cccnc1Nc1ccc(C(F)(F)F)cc1. The summed E-state index contributed by atoms with van der Waals surface area (Å²) in [7, 11) is 0. The monoisotopic (exact) mass is 354 g/mol. The van der Waals surface area contributed by atoms with E-state index in [1.54, 1.807) is 12.1 Å². The molecular formula is C15H17F3N6O. The number of amidine groups is 1. The molecule has 2 rings (SSSR count). The summed E-state index contributed by atoms with van der Waals surface area (Å²) in [6.07, 6.45) is -2.90. The molecule has 0 unspecified atom stereocenters. The number of pyridine rings is 1. The highest BCUT2D eigenvalue weighted by atomic mass is 19.4. The molecule has 0 aliphatic rings. The van der Waals surface area contributed by atoms with Crippen molar-refractivity contribution in [2.45, 2.75) is 6.18 Å². The Morgan fingerprint density at radius 1 is 1.24 bits per heavy atom. The van der Waals surface area contributed by atoms with Gasteiger partial charge in [0.25, 0.3) is 0 Å². The van der Waals surface area contributed by atoms with Crippen molar-refractivity contribution in [2.75, 3.05) is 18.5 Å². The molecule has 0 saturated heterocycles. The number of aliphatic hydroxyl groups excluding tert-OH is 1. The molecule has 0 fully saturated rings. The Balaban J connectivity index is 2.23. The fourth-order valence-electron chi connectivity index (χ4n) is 1.94. The molecule has 0 bridgehead atoms. The number of rotatable bonds is 6. The van der Waals surface area contributed by atoms with Crippen LogP contribution < -0.4 is 16.9 Å². The van der Waals surface area contributed by atoms with Crippen molar-refractivity contribution in [3.63, 3.8) is 0 Å². The number of nitrogens with one attached hydrogen (secondary N) is 1. The van der Waals surface area contributed by atoms with E-state index in [0.717, 1.165) is 17.3 Å². The van der Waals surface area contributed by atoms with Gasteiger partial charge in [0.2, 0.25) is 0 Å². The zero-order valence-corrected chi connectivity index (χ0v) is 13.0. The standard InChI is InChI=1S/C15H17F3N6O/c16-15(17,18)10-3-5-11(6-4-10)22-14-12(2-1-7-21-14)13(19)23-24(20)8-9-25/h1-7,25H,8-9,20H2,(H2,19,23)(H,21,22). The van der Waals surface area contributed by atoms with Gasteiger partial charge in [0.15, 0.2) is 5.84 Å². The van der Waals surface area contributed by atoms with E-state index in [0.29, 0.717) is 17.1 Å². The average Bonchev–Trinajstić information content (AvgIpc) is 2.55. The second-order valence-electron chi connectivity index (χ2n) is 4.97. The molecule has 0 atom stereocenters. The highest BCUT2D eigenvalue weighted by molar-refractivity contribution is 6.01. The van der Waals surface area contributed by atoms with Crippen LogP contribution in [-0.4, -0.2) is 34.2 Å². The summed E-state index contributed by atoms with van der Waals surface area (Å²) in [5.74, 6) is 5.89. The molecule has 25 heavy (non-hydrogen) atoms. The van der Waals surface area contributed by atoms with Gasteiger partial charge in [0.1, 0.15) is 5.82 Å². The third-order valence-corrected chi connectivity index (χ3v) is 3.12. The van der Waals surface area contributed by atoms with Gasteiger partial charge in [-0.15, -0.1) is 5.10 Å². The molecule has 134 valence electrons. The molecular weight excluding hydrogens is 337 g/mol. The molecule has 0 spiro atoms. The summed E-state index contributed by atoms with van der Waals surface area (Å²) < 4.78 is 37.8. The van der Waals surface area contributed by atoms with Crippen LogP contribution in [0.4, 0.5) is 24.7 Å². The molecule has 6 N–H and O–H groups in total. The highest BCUT2D eigenvalue weighted by Gasteiger charge is 2.29. The summed E-state index contributed by atoms with van der Waals surface area (Å²) >= 11 is 0. The third-order valence-electron chi connectivity index (χ3n) is 3.12. The van der Waals surface area contributed by atoms with E-state index in [-0.39, 0.29) is 19.0 Å². The van der Waals surface area contributed by atoms with E-state index < -0.39 is 11.7 Å². The molecule has 1 aromatic carbocycles. The largest absolute Gasteiger partial charge is 0.416 e. The molecule has 0 radical (unpaired) electrons. The van der Waals surface area contributed by atoms with Gasteiger partial charge in [-0.1, -0.05) is 0 Å². The minimum absolute atomic E-state index is 0.0402. The third kappa shape index (κ3) is 5.06. The van der Waals surface area contributed by atoms with Gasteiger partial charge < -0.3 is 16.2 Å². The van der Waals surface area contributed by atoms with Gasteiger partial charge in [-0.05, 0) is 36.4 Å². The van der Waals surface area contributed by atoms with Crippen molar-refractivity contribution >= 4 is 17.3 Å². The second-order valence-corrected chi connectivity index (χ2v) is 4.97. The number of hydrogen-bond acceptors (Lipinski definition) is 6. The number of nitrogens with two attached hydrogens (primary N) is 2. The Morgan fingerprint density at radius 3 is 2.52 bits per heavy atom. The van der Waals surface area contributed by atoms with Crippen molar-refractivity contribution in [3.8, 4) is 0 Å². The van der Waals surface area contributed by atoms with E-state index in [4.69, 9.17) is 16.7 Å². The number of halogens is 3. The fourth-order valence-corrected chi connectivity index (χ4v) is 1.94. The molecule has 10 heteroatoms. The Bertz CT molecular complexity index is 733. The van der Waals surface area contributed by atoms with Crippen molar-refractivity contribution < 1.29 is 18.3 Å². The Labute approximate surface area is 141 Å². The van der Waals surface area contributed by atoms with Crippen LogP contribution in [0.1, 0.15) is 11.1 Å². The van der Waals surface area contributed by atoms with Gasteiger partial charge in [-0.2, -0.15) is 13.2 Å². The lowest BCUT2D eigenvalue weighted by Gasteiger charge is -2.14. The topological polar surface area (TPSA) is 113 Å². The average molecular weight is 354 g/mol. The Morgan fingerprint density at radius 2 is 1.92 bits per heavy atom. The minimum Gasteiger partial charge on any atom is -0.394 e. The van der Waals surface area contributed by atoms with Gasteiger partial charge in [0.05, 0.1) is 24.3 Å². The van der Waals surface area contributed by atoms with Crippen LogP contribution in [-0.2, 0) is 6.18 Å². The maximum Gasteiger partial charge on any atom is 0.416 e. The van der Waals surface area contributed by atoms with Crippen LogP contribution in [0.15, 0.2) is 47.7 Å². The first-order chi connectivity index (χ1) is 11.8. The highest BCUT2D eigenvalue weighted by Crippen LogP contribution is 2.30. The number of hydrogen-bond donors (Lipinski definition) is 4. The van der Waals surface area contributed by atoms with Crippen LogP contribution in [0, 0.1) is 0 Å². The normalized spacial score (nSPS) is 12.1. The van der Waals surface area contributed by atoms with E-state index in [1.807, 2.05) is 0 Å². The first-order valence-corrected chi connectivity index (χ1v) is 7.18. The summed E-state index contributed by atoms with van der Waals surface area (Å²) in [4.78, 5) is 4.12. The second kappa shape index (κ2) is 7.81. The zero-order valence-electron chi connectivity index (χ0n) is 13.0. The number of nitrogens with zero attached hydrogens (tertiary/aromatic N) is 3. The molecule has 7 nitrogen and oxygen atoms in total. The van der Waals surface area contributed by atoms with Crippen molar-refractivity contribution in [1.82, 2.24) is 10.1 Å². The number of anilines is 2. The van der Waals surface area contributed by atoms with Crippen LogP contribution in [0.5, 0.6) is 0 Å². The lowest BCUT2D eigenvalue weighted by molar-refractivity contribution is -0.137. The first-order valence-electron chi connectivity index (χ1n) is 7.18. The molecule has 0 aliphatic heterocycles. The summed E-state index contributed by atoms with van der Waals surface area (Å²) in [6, 6.07) is 7.76. The van der Waals surface area contributed by atoms with Gasteiger partial charge in [-0.3, -0.25) is 0 Å². The number of hydrazone groups is 1. The lowest BCUT2D eigenvalue weighted by atomic mass is 10.2. The predicted molar refractivity (Wildman–Crippen MR) is 87.7 cm³/mol.